The van der Waals surface area contributed by atoms with E-state index in [4.69, 9.17) is 16.9 Å². The van der Waals surface area contributed by atoms with Crippen molar-refractivity contribution in [2.75, 3.05) is 5.32 Å². The predicted octanol–water partition coefficient (Wildman–Crippen LogP) is 2.87. The molecule has 5 nitrogen and oxygen atoms in total. The van der Waals surface area contributed by atoms with E-state index in [9.17, 15) is 4.79 Å². The fraction of sp³-hybridized carbons (Fsp3) is 0.0625. The summed E-state index contributed by atoms with van der Waals surface area (Å²) >= 11 is 5.73. The Kier molecular flexibility index (Phi) is 5.52. The van der Waals surface area contributed by atoms with E-state index in [1.54, 1.807) is 12.1 Å². The first-order valence-corrected chi connectivity index (χ1v) is 6.87. The standard InChI is InChI=1S/C16H13ClN4O/c17-14-6-7-15(20-11-14)19-10-13(8-18)16(22)21-9-12-4-2-1-3-5-12/h1-7,10-11H,9H2,(H,19,20)(H,21,22)/b13-10-. The maximum atomic E-state index is 11.9. The van der Waals surface area contributed by atoms with Gasteiger partial charge in [0.25, 0.3) is 5.91 Å². The zero-order chi connectivity index (χ0) is 15.8. The van der Waals surface area contributed by atoms with Gasteiger partial charge in [0.2, 0.25) is 0 Å². The van der Waals surface area contributed by atoms with Gasteiger partial charge < -0.3 is 10.6 Å². The second kappa shape index (κ2) is 7.81. The first kappa shape index (κ1) is 15.5. The molecule has 0 aliphatic carbocycles. The summed E-state index contributed by atoms with van der Waals surface area (Å²) in [6.45, 7) is 0.359. The minimum Gasteiger partial charge on any atom is -0.347 e. The Morgan fingerprint density at radius 1 is 1.27 bits per heavy atom. The Bertz CT molecular complexity index is 705. The van der Waals surface area contributed by atoms with Gasteiger partial charge in [0.05, 0.1) is 5.02 Å². The van der Waals surface area contributed by atoms with Gasteiger partial charge in [-0.3, -0.25) is 4.79 Å². The molecule has 0 aliphatic heterocycles. The summed E-state index contributed by atoms with van der Waals surface area (Å²) in [7, 11) is 0. The lowest BCUT2D eigenvalue weighted by atomic mass is 10.2. The number of nitriles is 1. The van der Waals surface area contributed by atoms with Gasteiger partial charge in [0.1, 0.15) is 17.5 Å². The number of benzene rings is 1. The summed E-state index contributed by atoms with van der Waals surface area (Å²) in [6, 6.07) is 14.6. The third kappa shape index (κ3) is 4.62. The normalized spacial score (nSPS) is 10.6. The van der Waals surface area contributed by atoms with E-state index in [0.29, 0.717) is 17.4 Å². The van der Waals surface area contributed by atoms with E-state index in [-0.39, 0.29) is 5.57 Å². The molecule has 0 fully saturated rings. The van der Waals surface area contributed by atoms with Crippen molar-refractivity contribution in [2.45, 2.75) is 6.54 Å². The van der Waals surface area contributed by atoms with Crippen LogP contribution >= 0.6 is 11.6 Å². The third-order valence-electron chi connectivity index (χ3n) is 2.75. The van der Waals surface area contributed by atoms with Crippen molar-refractivity contribution >= 4 is 23.3 Å². The van der Waals surface area contributed by atoms with Gasteiger partial charge >= 0.3 is 0 Å². The van der Waals surface area contributed by atoms with Crippen LogP contribution in [0.3, 0.4) is 0 Å². The largest absolute Gasteiger partial charge is 0.347 e. The quantitative estimate of drug-likeness (QED) is 0.657. The number of carbonyl (C=O) groups excluding carboxylic acids is 1. The van der Waals surface area contributed by atoms with Crippen LogP contribution in [-0.2, 0) is 11.3 Å². The van der Waals surface area contributed by atoms with Gasteiger partial charge in [0, 0.05) is 18.9 Å². The van der Waals surface area contributed by atoms with E-state index in [2.05, 4.69) is 15.6 Å². The van der Waals surface area contributed by atoms with Gasteiger partial charge in [-0.25, -0.2) is 4.98 Å². The first-order chi connectivity index (χ1) is 10.7. The van der Waals surface area contributed by atoms with E-state index in [1.165, 1.54) is 12.4 Å². The topological polar surface area (TPSA) is 77.8 Å². The molecule has 22 heavy (non-hydrogen) atoms. The Labute approximate surface area is 133 Å². The Balaban J connectivity index is 1.95. The number of halogens is 1. The second-order valence-corrected chi connectivity index (χ2v) is 4.78. The smallest absolute Gasteiger partial charge is 0.263 e. The van der Waals surface area contributed by atoms with Crippen molar-refractivity contribution in [2.24, 2.45) is 0 Å². The maximum Gasteiger partial charge on any atom is 0.263 e. The van der Waals surface area contributed by atoms with Gasteiger partial charge in [0.15, 0.2) is 0 Å². The molecule has 0 saturated carbocycles. The number of hydrogen-bond donors (Lipinski definition) is 2. The highest BCUT2D eigenvalue weighted by Gasteiger charge is 2.08. The molecule has 1 aromatic carbocycles. The molecule has 0 atom stereocenters. The molecule has 0 radical (unpaired) electrons. The van der Waals surface area contributed by atoms with Crippen LogP contribution in [0.2, 0.25) is 5.02 Å². The molecule has 2 aromatic rings. The number of pyridine rings is 1. The van der Waals surface area contributed by atoms with Crippen molar-refractivity contribution in [1.82, 2.24) is 10.3 Å². The average molecular weight is 313 g/mol. The number of nitrogens with one attached hydrogen (secondary N) is 2. The molecule has 0 spiro atoms. The third-order valence-corrected chi connectivity index (χ3v) is 2.98. The van der Waals surface area contributed by atoms with E-state index < -0.39 is 5.91 Å². The number of carbonyl (C=O) groups is 1. The fourth-order valence-electron chi connectivity index (χ4n) is 1.63. The van der Waals surface area contributed by atoms with Crippen LogP contribution in [0.4, 0.5) is 5.82 Å². The number of hydrogen-bond acceptors (Lipinski definition) is 4. The highest BCUT2D eigenvalue weighted by Crippen LogP contribution is 2.10. The van der Waals surface area contributed by atoms with E-state index in [1.807, 2.05) is 36.4 Å². The van der Waals surface area contributed by atoms with Crippen LogP contribution < -0.4 is 10.6 Å². The van der Waals surface area contributed by atoms with Gasteiger partial charge in [-0.2, -0.15) is 5.26 Å². The van der Waals surface area contributed by atoms with Crippen LogP contribution in [0.1, 0.15) is 5.56 Å². The summed E-state index contributed by atoms with van der Waals surface area (Å²) in [4.78, 5) is 15.9. The van der Waals surface area contributed by atoms with Crippen molar-refractivity contribution in [3.63, 3.8) is 0 Å². The van der Waals surface area contributed by atoms with E-state index in [0.717, 1.165) is 5.56 Å². The lowest BCUT2D eigenvalue weighted by Crippen LogP contribution is -2.24. The molecule has 110 valence electrons. The van der Waals surface area contributed by atoms with Crippen LogP contribution in [0.15, 0.2) is 60.4 Å². The molecule has 0 aliphatic rings. The summed E-state index contributed by atoms with van der Waals surface area (Å²) in [5.74, 6) is 0.0424. The molecule has 0 bridgehead atoms. The molecule has 2 rings (SSSR count). The lowest BCUT2D eigenvalue weighted by Gasteiger charge is -2.05. The summed E-state index contributed by atoms with van der Waals surface area (Å²) in [6.07, 6.45) is 2.79. The molecule has 2 N–H and O–H groups in total. The van der Waals surface area contributed by atoms with E-state index >= 15 is 0 Å². The van der Waals surface area contributed by atoms with Crippen LogP contribution in [0, 0.1) is 11.3 Å². The number of rotatable bonds is 5. The Hall–Kier alpha value is -2.84. The highest BCUT2D eigenvalue weighted by molar-refractivity contribution is 6.30. The number of aromatic nitrogens is 1. The van der Waals surface area contributed by atoms with Gasteiger partial charge in [-0.15, -0.1) is 0 Å². The summed E-state index contributed by atoms with van der Waals surface area (Å²) < 4.78 is 0. The number of anilines is 1. The van der Waals surface area contributed by atoms with Crippen LogP contribution in [0.25, 0.3) is 0 Å². The zero-order valence-electron chi connectivity index (χ0n) is 11.6. The monoisotopic (exact) mass is 312 g/mol. The fourth-order valence-corrected chi connectivity index (χ4v) is 1.74. The molecule has 0 unspecified atom stereocenters. The maximum absolute atomic E-state index is 11.9. The van der Waals surface area contributed by atoms with Crippen LogP contribution in [0.5, 0.6) is 0 Å². The van der Waals surface area contributed by atoms with Crippen LogP contribution in [-0.4, -0.2) is 10.9 Å². The minimum atomic E-state index is -0.451. The highest BCUT2D eigenvalue weighted by atomic mass is 35.5. The van der Waals surface area contributed by atoms with Gasteiger partial charge in [-0.05, 0) is 17.7 Å². The molecule has 1 aromatic heterocycles. The average Bonchev–Trinajstić information content (AvgIpc) is 2.56. The lowest BCUT2D eigenvalue weighted by molar-refractivity contribution is -0.117. The van der Waals surface area contributed by atoms with Crippen molar-refractivity contribution in [3.05, 3.63) is 71.0 Å². The van der Waals surface area contributed by atoms with Crippen molar-refractivity contribution in [3.8, 4) is 6.07 Å². The molecule has 6 heteroatoms. The molecule has 1 amide bonds. The summed E-state index contributed by atoms with van der Waals surface area (Å²) in [5, 5.41) is 15.0. The number of amides is 1. The predicted molar refractivity (Wildman–Crippen MR) is 84.9 cm³/mol. The molecular weight excluding hydrogens is 300 g/mol. The molecular formula is C16H13ClN4O. The minimum absolute atomic E-state index is 0.0346. The van der Waals surface area contributed by atoms with Crippen molar-refractivity contribution in [1.29, 1.82) is 5.26 Å². The first-order valence-electron chi connectivity index (χ1n) is 6.49. The Morgan fingerprint density at radius 2 is 2.05 bits per heavy atom. The Morgan fingerprint density at radius 3 is 2.68 bits per heavy atom. The van der Waals surface area contributed by atoms with Crippen molar-refractivity contribution < 1.29 is 4.79 Å². The SMILES string of the molecule is N#C/C(=C/Nc1ccc(Cl)cn1)C(=O)NCc1ccccc1. The molecule has 1 heterocycles. The number of nitrogens with zero attached hydrogens (tertiary/aromatic N) is 2. The second-order valence-electron chi connectivity index (χ2n) is 4.34. The molecule has 0 saturated heterocycles. The summed E-state index contributed by atoms with van der Waals surface area (Å²) in [5.41, 5.74) is 0.924. The van der Waals surface area contributed by atoms with Gasteiger partial charge in [-0.1, -0.05) is 41.9 Å². The zero-order valence-corrected chi connectivity index (χ0v) is 12.3.